The van der Waals surface area contributed by atoms with E-state index in [-0.39, 0.29) is 30.1 Å². The highest BCUT2D eigenvalue weighted by Gasteiger charge is 2.39. The Kier molecular flexibility index (Phi) is 5.12. The highest BCUT2D eigenvalue weighted by molar-refractivity contribution is 5.82. The molecule has 3 atom stereocenters. The molecule has 1 unspecified atom stereocenters. The summed E-state index contributed by atoms with van der Waals surface area (Å²) in [5.74, 6) is -0.176. The van der Waals surface area contributed by atoms with Crippen molar-refractivity contribution in [1.29, 1.82) is 0 Å². The fourth-order valence-corrected chi connectivity index (χ4v) is 2.98. The van der Waals surface area contributed by atoms with Gasteiger partial charge < -0.3 is 14.5 Å². The van der Waals surface area contributed by atoms with E-state index in [1.807, 2.05) is 39.5 Å². The zero-order valence-corrected chi connectivity index (χ0v) is 14.3. The van der Waals surface area contributed by atoms with Crippen molar-refractivity contribution in [2.45, 2.75) is 65.6 Å². The first-order valence-corrected chi connectivity index (χ1v) is 8.11. The van der Waals surface area contributed by atoms with E-state index in [4.69, 9.17) is 9.57 Å². The van der Waals surface area contributed by atoms with Gasteiger partial charge in [0, 0.05) is 18.7 Å². The van der Waals surface area contributed by atoms with Gasteiger partial charge in [-0.15, -0.1) is 5.06 Å². The van der Waals surface area contributed by atoms with Crippen LogP contribution in [0.1, 0.15) is 47.5 Å². The van der Waals surface area contributed by atoms with Crippen molar-refractivity contribution in [3.05, 3.63) is 0 Å². The number of carbonyl (C=O) groups excluding carboxylic acids is 2. The Morgan fingerprint density at radius 3 is 2.18 bits per heavy atom. The summed E-state index contributed by atoms with van der Waals surface area (Å²) < 4.78 is 5.51. The van der Waals surface area contributed by atoms with E-state index < -0.39 is 5.41 Å². The summed E-state index contributed by atoms with van der Waals surface area (Å²) in [6.45, 7) is 11.2. The summed E-state index contributed by atoms with van der Waals surface area (Å²) in [6, 6.07) is -0.0126. The van der Waals surface area contributed by atoms with Crippen LogP contribution < -0.4 is 0 Å². The van der Waals surface area contributed by atoms with Crippen LogP contribution in [0.15, 0.2) is 0 Å². The molecule has 0 saturated carbocycles. The number of amides is 1. The lowest BCUT2D eigenvalue weighted by atomic mass is 9.98. The van der Waals surface area contributed by atoms with Gasteiger partial charge in [0.05, 0.1) is 18.5 Å². The van der Waals surface area contributed by atoms with E-state index >= 15 is 0 Å². The summed E-state index contributed by atoms with van der Waals surface area (Å²) >= 11 is 0. The first-order chi connectivity index (χ1) is 10.2. The minimum atomic E-state index is -0.531. The molecule has 0 N–H and O–H groups in total. The number of rotatable bonds is 2. The van der Waals surface area contributed by atoms with Gasteiger partial charge in [0.25, 0.3) is 5.91 Å². The first-order valence-electron chi connectivity index (χ1n) is 8.11. The highest BCUT2D eigenvalue weighted by Crippen LogP contribution is 2.23. The molecular weight excluding hydrogens is 284 g/mol. The predicted molar refractivity (Wildman–Crippen MR) is 81.9 cm³/mol. The fraction of sp³-hybridized carbons (Fsp3) is 0.875. The predicted octanol–water partition coefficient (Wildman–Crippen LogP) is 1.59. The van der Waals surface area contributed by atoms with Crippen LogP contribution in [0, 0.1) is 5.41 Å². The molecule has 0 radical (unpaired) electrons. The Bertz CT molecular complexity index is 414. The van der Waals surface area contributed by atoms with E-state index in [1.165, 1.54) is 0 Å². The van der Waals surface area contributed by atoms with Gasteiger partial charge in [0.15, 0.2) is 0 Å². The van der Waals surface area contributed by atoms with E-state index in [1.54, 1.807) is 5.06 Å². The van der Waals surface area contributed by atoms with Crippen LogP contribution in [0.25, 0.3) is 0 Å². The monoisotopic (exact) mass is 312 g/mol. The molecule has 0 aromatic heterocycles. The van der Waals surface area contributed by atoms with Gasteiger partial charge in [0.2, 0.25) is 0 Å². The lowest BCUT2D eigenvalue weighted by Gasteiger charge is -2.44. The van der Waals surface area contributed by atoms with Crippen LogP contribution in [-0.4, -0.2) is 59.7 Å². The Hall–Kier alpha value is -1.14. The maximum absolute atomic E-state index is 12.6. The molecule has 2 aliphatic rings. The second-order valence-electron chi connectivity index (χ2n) is 7.42. The number of hydrogen-bond acceptors (Lipinski definition) is 5. The molecular formula is C16H28N2O4. The largest absolute Gasteiger partial charge is 0.368 e. The molecule has 6 nitrogen and oxygen atoms in total. The number of ether oxygens (including phenoxy) is 1. The average Bonchev–Trinajstić information content (AvgIpc) is 2.90. The third kappa shape index (κ3) is 3.79. The molecule has 2 heterocycles. The average molecular weight is 312 g/mol. The van der Waals surface area contributed by atoms with Crippen molar-refractivity contribution in [2.75, 3.05) is 19.7 Å². The highest BCUT2D eigenvalue weighted by atomic mass is 16.7. The first kappa shape index (κ1) is 17.2. The van der Waals surface area contributed by atoms with Gasteiger partial charge >= 0.3 is 5.97 Å². The van der Waals surface area contributed by atoms with Crippen molar-refractivity contribution in [1.82, 2.24) is 9.96 Å². The maximum atomic E-state index is 12.6. The summed E-state index contributed by atoms with van der Waals surface area (Å²) in [5.41, 5.74) is -0.531. The molecule has 1 amide bonds. The van der Waals surface area contributed by atoms with Crippen molar-refractivity contribution in [2.24, 2.45) is 5.41 Å². The minimum absolute atomic E-state index is 0.00628. The molecule has 2 saturated heterocycles. The molecule has 0 aromatic rings. The maximum Gasteiger partial charge on any atom is 0.330 e. The zero-order valence-electron chi connectivity index (χ0n) is 14.3. The molecule has 22 heavy (non-hydrogen) atoms. The van der Waals surface area contributed by atoms with Gasteiger partial charge in [-0.2, -0.15) is 0 Å². The molecule has 126 valence electrons. The topological polar surface area (TPSA) is 59.1 Å². The molecule has 6 heteroatoms. The van der Waals surface area contributed by atoms with Crippen LogP contribution in [0.2, 0.25) is 0 Å². The number of piperazine rings is 1. The normalized spacial score (nSPS) is 30.4. The summed E-state index contributed by atoms with van der Waals surface area (Å²) in [4.78, 5) is 32.0. The Balaban J connectivity index is 1.96. The van der Waals surface area contributed by atoms with Crippen LogP contribution >= 0.6 is 0 Å². The molecule has 0 aliphatic carbocycles. The second-order valence-corrected chi connectivity index (χ2v) is 7.42. The molecule has 2 fully saturated rings. The van der Waals surface area contributed by atoms with Crippen molar-refractivity contribution < 1.29 is 19.2 Å². The molecule has 0 spiro atoms. The number of nitrogens with zero attached hydrogens (tertiary/aromatic N) is 2. The third-order valence-corrected chi connectivity index (χ3v) is 4.17. The lowest BCUT2D eigenvalue weighted by Crippen LogP contribution is -2.60. The van der Waals surface area contributed by atoms with Crippen LogP contribution in [-0.2, 0) is 19.2 Å². The summed E-state index contributed by atoms with van der Waals surface area (Å²) in [6.07, 6.45) is 1.45. The quantitative estimate of drug-likeness (QED) is 0.775. The standard InChI is InChI=1S/C16H28N2O4/c1-11-9-17(22-15(20)16(3,4)5)10-12(2)18(11)14(19)13-7-6-8-21-13/h11-13H,6-10H2,1-5H3/t11-,12+,13?. The molecule has 2 rings (SSSR count). The van der Waals surface area contributed by atoms with Crippen LogP contribution in [0.5, 0.6) is 0 Å². The fourth-order valence-electron chi connectivity index (χ4n) is 2.98. The summed E-state index contributed by atoms with van der Waals surface area (Å²) in [5, 5.41) is 1.68. The summed E-state index contributed by atoms with van der Waals surface area (Å²) in [7, 11) is 0. The molecule has 0 aromatic carbocycles. The number of carbonyl (C=O) groups is 2. The SMILES string of the molecule is C[C@@H]1CN(OC(=O)C(C)(C)C)C[C@H](C)N1C(=O)C1CCCO1. The van der Waals surface area contributed by atoms with Crippen molar-refractivity contribution in [3.8, 4) is 0 Å². The van der Waals surface area contributed by atoms with Gasteiger partial charge in [-0.05, 0) is 47.5 Å². The van der Waals surface area contributed by atoms with Crippen molar-refractivity contribution in [3.63, 3.8) is 0 Å². The van der Waals surface area contributed by atoms with E-state index in [0.29, 0.717) is 19.7 Å². The van der Waals surface area contributed by atoms with E-state index in [2.05, 4.69) is 0 Å². The minimum Gasteiger partial charge on any atom is -0.368 e. The van der Waals surface area contributed by atoms with Crippen molar-refractivity contribution >= 4 is 11.9 Å². The molecule has 0 bridgehead atoms. The van der Waals surface area contributed by atoms with E-state index in [9.17, 15) is 9.59 Å². The zero-order chi connectivity index (χ0) is 16.5. The van der Waals surface area contributed by atoms with Crippen LogP contribution in [0.3, 0.4) is 0 Å². The third-order valence-electron chi connectivity index (χ3n) is 4.17. The molecule has 2 aliphatic heterocycles. The van der Waals surface area contributed by atoms with Crippen LogP contribution in [0.4, 0.5) is 0 Å². The number of hydrogen-bond donors (Lipinski definition) is 0. The van der Waals surface area contributed by atoms with Gasteiger partial charge in [-0.1, -0.05) is 0 Å². The Morgan fingerprint density at radius 2 is 1.73 bits per heavy atom. The van der Waals surface area contributed by atoms with Gasteiger partial charge in [-0.3, -0.25) is 4.79 Å². The second kappa shape index (κ2) is 6.54. The number of hydroxylamine groups is 2. The van der Waals surface area contributed by atoms with Gasteiger partial charge in [-0.25, -0.2) is 4.79 Å². The van der Waals surface area contributed by atoms with Gasteiger partial charge in [0.1, 0.15) is 6.10 Å². The van der Waals surface area contributed by atoms with E-state index in [0.717, 1.165) is 12.8 Å². The smallest absolute Gasteiger partial charge is 0.330 e. The Labute approximate surface area is 132 Å². The lowest BCUT2D eigenvalue weighted by molar-refractivity contribution is -0.216. The Morgan fingerprint density at radius 1 is 1.14 bits per heavy atom.